The van der Waals surface area contributed by atoms with E-state index in [1.807, 2.05) is 6.92 Å². The summed E-state index contributed by atoms with van der Waals surface area (Å²) in [5.41, 5.74) is 0.824. The minimum atomic E-state index is -0.484. The molecule has 3 rings (SSSR count). The van der Waals surface area contributed by atoms with Gasteiger partial charge in [0, 0.05) is 13.0 Å². The van der Waals surface area contributed by atoms with E-state index in [9.17, 15) is 14.0 Å². The van der Waals surface area contributed by atoms with Gasteiger partial charge < -0.3 is 5.32 Å². The number of carbonyl (C=O) groups is 1. The minimum absolute atomic E-state index is 0.0601. The van der Waals surface area contributed by atoms with E-state index in [0.717, 1.165) is 5.56 Å². The molecule has 0 unspecified atom stereocenters. The Morgan fingerprint density at radius 3 is 3.04 bits per heavy atom. The van der Waals surface area contributed by atoms with Crippen LogP contribution >= 0.6 is 11.3 Å². The Hall–Kier alpha value is -2.54. The lowest BCUT2D eigenvalue weighted by Crippen LogP contribution is -2.23. The number of aryl methyl sites for hydroxylation is 2. The van der Waals surface area contributed by atoms with Crippen molar-refractivity contribution in [1.82, 2.24) is 9.55 Å². The topological polar surface area (TPSA) is 64.0 Å². The molecule has 5 nitrogen and oxygen atoms in total. The molecule has 0 radical (unpaired) electrons. The highest BCUT2D eigenvalue weighted by molar-refractivity contribution is 7.16. The molecule has 2 heterocycles. The molecule has 0 saturated heterocycles. The molecule has 118 valence electrons. The number of nitrogens with one attached hydrogen (secondary N) is 1. The first-order valence-corrected chi connectivity index (χ1v) is 7.91. The van der Waals surface area contributed by atoms with Crippen LogP contribution in [0, 0.1) is 12.7 Å². The predicted octanol–water partition coefficient (Wildman–Crippen LogP) is 2.93. The summed E-state index contributed by atoms with van der Waals surface area (Å²) in [6.45, 7) is 2.01. The Morgan fingerprint density at radius 2 is 2.22 bits per heavy atom. The van der Waals surface area contributed by atoms with E-state index in [2.05, 4.69) is 10.3 Å². The molecule has 1 amide bonds. The Labute approximate surface area is 135 Å². The molecule has 7 heteroatoms. The van der Waals surface area contributed by atoms with Crippen LogP contribution < -0.4 is 10.9 Å². The summed E-state index contributed by atoms with van der Waals surface area (Å²) in [5.74, 6) is -0.839. The van der Waals surface area contributed by atoms with Crippen LogP contribution in [0.2, 0.25) is 0 Å². The predicted molar refractivity (Wildman–Crippen MR) is 88.3 cm³/mol. The maximum Gasteiger partial charge on any atom is 0.262 e. The smallest absolute Gasteiger partial charge is 0.262 e. The number of aromatic nitrogens is 2. The summed E-state index contributed by atoms with van der Waals surface area (Å²) in [6.07, 6.45) is 1.49. The fourth-order valence-electron chi connectivity index (χ4n) is 2.22. The summed E-state index contributed by atoms with van der Waals surface area (Å²) in [6, 6.07) is 6.22. The molecular weight excluding hydrogens is 317 g/mol. The summed E-state index contributed by atoms with van der Waals surface area (Å²) >= 11 is 1.39. The first kappa shape index (κ1) is 15.4. The van der Waals surface area contributed by atoms with Crippen molar-refractivity contribution in [2.75, 3.05) is 5.32 Å². The summed E-state index contributed by atoms with van der Waals surface area (Å²) in [4.78, 5) is 29.0. The number of nitrogens with zero attached hydrogens (tertiary/aromatic N) is 2. The minimum Gasteiger partial charge on any atom is -0.324 e. The van der Waals surface area contributed by atoms with Gasteiger partial charge in [0.05, 0.1) is 17.4 Å². The van der Waals surface area contributed by atoms with Gasteiger partial charge in [0.2, 0.25) is 5.91 Å². The van der Waals surface area contributed by atoms with Crippen LogP contribution in [0.1, 0.15) is 12.0 Å². The Balaban J connectivity index is 1.69. The summed E-state index contributed by atoms with van der Waals surface area (Å²) in [5, 5.41) is 4.87. The molecule has 0 saturated carbocycles. The number of thiophene rings is 1. The maximum atomic E-state index is 13.6. The number of hydrogen-bond donors (Lipinski definition) is 1. The van der Waals surface area contributed by atoms with Gasteiger partial charge in [0.15, 0.2) is 0 Å². The van der Waals surface area contributed by atoms with E-state index in [0.29, 0.717) is 10.2 Å². The fourth-order valence-corrected chi connectivity index (χ4v) is 2.95. The van der Waals surface area contributed by atoms with Crippen LogP contribution in [0.15, 0.2) is 40.8 Å². The Kier molecular flexibility index (Phi) is 4.20. The second-order valence-corrected chi connectivity index (χ2v) is 6.06. The molecule has 0 bridgehead atoms. The van der Waals surface area contributed by atoms with Gasteiger partial charge >= 0.3 is 0 Å². The number of carbonyl (C=O) groups excluding carboxylic acids is 1. The van der Waals surface area contributed by atoms with E-state index < -0.39 is 5.82 Å². The van der Waals surface area contributed by atoms with Gasteiger partial charge in [-0.1, -0.05) is 6.07 Å². The third kappa shape index (κ3) is 3.29. The van der Waals surface area contributed by atoms with Crippen molar-refractivity contribution in [3.8, 4) is 0 Å². The van der Waals surface area contributed by atoms with Crippen molar-refractivity contribution in [3.05, 3.63) is 57.7 Å². The normalized spacial score (nSPS) is 10.9. The van der Waals surface area contributed by atoms with E-state index in [1.54, 1.807) is 23.6 Å². The molecule has 0 aliphatic heterocycles. The average Bonchev–Trinajstić information content (AvgIpc) is 3.00. The van der Waals surface area contributed by atoms with E-state index in [-0.39, 0.29) is 30.1 Å². The van der Waals surface area contributed by atoms with Crippen LogP contribution in [0.5, 0.6) is 0 Å². The van der Waals surface area contributed by atoms with Crippen LogP contribution in [0.4, 0.5) is 10.1 Å². The van der Waals surface area contributed by atoms with Crippen molar-refractivity contribution in [2.24, 2.45) is 0 Å². The third-order valence-corrected chi connectivity index (χ3v) is 4.25. The highest BCUT2D eigenvalue weighted by Crippen LogP contribution is 2.16. The zero-order chi connectivity index (χ0) is 16.4. The van der Waals surface area contributed by atoms with Crippen LogP contribution in [0.25, 0.3) is 10.2 Å². The van der Waals surface area contributed by atoms with E-state index >= 15 is 0 Å². The van der Waals surface area contributed by atoms with Gasteiger partial charge in [0.25, 0.3) is 5.56 Å². The lowest BCUT2D eigenvalue weighted by Gasteiger charge is -2.08. The quantitative estimate of drug-likeness (QED) is 0.799. The van der Waals surface area contributed by atoms with Gasteiger partial charge in [-0.2, -0.15) is 0 Å². The second-order valence-electron chi connectivity index (χ2n) is 5.16. The van der Waals surface area contributed by atoms with Crippen LogP contribution in [-0.2, 0) is 11.3 Å². The lowest BCUT2D eigenvalue weighted by atomic mass is 10.2. The maximum absolute atomic E-state index is 13.6. The first-order valence-electron chi connectivity index (χ1n) is 7.03. The number of amides is 1. The van der Waals surface area contributed by atoms with Crippen LogP contribution in [-0.4, -0.2) is 15.5 Å². The first-order chi connectivity index (χ1) is 11.0. The number of halogens is 1. The van der Waals surface area contributed by atoms with E-state index in [4.69, 9.17) is 0 Å². The van der Waals surface area contributed by atoms with Crippen LogP contribution in [0.3, 0.4) is 0 Å². The molecule has 0 aliphatic rings. The molecule has 1 aromatic carbocycles. The van der Waals surface area contributed by atoms with Gasteiger partial charge in [0.1, 0.15) is 10.6 Å². The fraction of sp³-hybridized carbons (Fsp3) is 0.188. The molecule has 23 heavy (non-hydrogen) atoms. The number of benzene rings is 1. The van der Waals surface area contributed by atoms with Gasteiger partial charge in [-0.25, -0.2) is 9.37 Å². The molecular formula is C16H14FN3O2S. The number of hydrogen-bond acceptors (Lipinski definition) is 4. The van der Waals surface area contributed by atoms with Gasteiger partial charge in [-0.15, -0.1) is 11.3 Å². The van der Waals surface area contributed by atoms with Crippen molar-refractivity contribution in [1.29, 1.82) is 0 Å². The highest BCUT2D eigenvalue weighted by atomic mass is 32.1. The van der Waals surface area contributed by atoms with Crippen molar-refractivity contribution in [2.45, 2.75) is 19.9 Å². The monoisotopic (exact) mass is 331 g/mol. The molecule has 1 N–H and O–H groups in total. The molecule has 0 spiro atoms. The van der Waals surface area contributed by atoms with E-state index in [1.165, 1.54) is 28.3 Å². The lowest BCUT2D eigenvalue weighted by molar-refractivity contribution is -0.116. The molecule has 2 aromatic heterocycles. The second kappa shape index (κ2) is 6.29. The highest BCUT2D eigenvalue weighted by Gasteiger charge is 2.09. The van der Waals surface area contributed by atoms with Gasteiger partial charge in [-0.3, -0.25) is 14.2 Å². The average molecular weight is 331 g/mol. The van der Waals surface area contributed by atoms with Crippen molar-refractivity contribution >= 4 is 33.1 Å². The largest absolute Gasteiger partial charge is 0.324 e. The molecule has 0 atom stereocenters. The zero-order valence-electron chi connectivity index (χ0n) is 12.4. The van der Waals surface area contributed by atoms with Gasteiger partial charge in [-0.05, 0) is 36.1 Å². The summed E-state index contributed by atoms with van der Waals surface area (Å²) < 4.78 is 15.0. The molecule has 3 aromatic rings. The van der Waals surface area contributed by atoms with Crippen molar-refractivity contribution in [3.63, 3.8) is 0 Å². The standard InChI is InChI=1S/C16H14FN3O2S/c1-10-2-3-12(17)13(8-10)19-14(21)4-6-20-9-18-15-11(16(20)22)5-7-23-15/h2-3,5,7-9H,4,6H2,1H3,(H,19,21). The zero-order valence-corrected chi connectivity index (χ0v) is 13.2. The number of anilines is 1. The SMILES string of the molecule is Cc1ccc(F)c(NC(=O)CCn2cnc3sccc3c2=O)c1. The number of rotatable bonds is 4. The Morgan fingerprint density at radius 1 is 1.39 bits per heavy atom. The molecule has 0 fully saturated rings. The Bertz CT molecular complexity index is 932. The third-order valence-electron chi connectivity index (χ3n) is 3.43. The van der Waals surface area contributed by atoms with Crippen molar-refractivity contribution < 1.29 is 9.18 Å². The molecule has 0 aliphatic carbocycles. The number of fused-ring (bicyclic) bond motifs is 1. The summed E-state index contributed by atoms with van der Waals surface area (Å²) in [7, 11) is 0.